The van der Waals surface area contributed by atoms with E-state index in [9.17, 15) is 9.59 Å². The number of esters is 1. The third kappa shape index (κ3) is 12.3. The molecule has 0 aliphatic rings. The van der Waals surface area contributed by atoms with Gasteiger partial charge in [-0.25, -0.2) is 0 Å². The predicted molar refractivity (Wildman–Crippen MR) is 68.8 cm³/mol. The molecular formula is C11H22N4O3. The molecule has 0 aromatic heterocycles. The van der Waals surface area contributed by atoms with Gasteiger partial charge in [0.1, 0.15) is 0 Å². The molecule has 0 heterocycles. The van der Waals surface area contributed by atoms with Crippen LogP contribution in [-0.2, 0) is 14.3 Å². The summed E-state index contributed by atoms with van der Waals surface area (Å²) in [6.07, 6.45) is 3.82. The van der Waals surface area contributed by atoms with Gasteiger partial charge in [0.25, 0.3) is 5.91 Å². The summed E-state index contributed by atoms with van der Waals surface area (Å²) in [5, 5.41) is 2.66. The number of rotatable bonds is 9. The van der Waals surface area contributed by atoms with E-state index in [0.717, 1.165) is 25.7 Å². The lowest BCUT2D eigenvalue weighted by Crippen LogP contribution is -2.29. The number of guanidine groups is 1. The van der Waals surface area contributed by atoms with Gasteiger partial charge in [-0.3, -0.25) is 14.6 Å². The first-order valence-corrected chi connectivity index (χ1v) is 5.98. The lowest BCUT2D eigenvalue weighted by Gasteiger charge is -2.04. The molecule has 18 heavy (non-hydrogen) atoms. The highest BCUT2D eigenvalue weighted by Crippen LogP contribution is 1.98. The second-order valence-electron chi connectivity index (χ2n) is 3.85. The van der Waals surface area contributed by atoms with E-state index in [-0.39, 0.29) is 18.5 Å². The van der Waals surface area contributed by atoms with Crippen LogP contribution in [0.15, 0.2) is 4.99 Å². The third-order valence-corrected chi connectivity index (χ3v) is 2.11. The van der Waals surface area contributed by atoms with Crippen LogP contribution in [0.25, 0.3) is 0 Å². The number of nitrogens with one attached hydrogen (secondary N) is 1. The van der Waals surface area contributed by atoms with Gasteiger partial charge in [0.15, 0.2) is 12.6 Å². The molecule has 0 bridgehead atoms. The number of unbranched alkanes of at least 4 members (excludes halogenated alkanes) is 3. The van der Waals surface area contributed by atoms with Crippen molar-refractivity contribution in [1.29, 1.82) is 0 Å². The van der Waals surface area contributed by atoms with E-state index in [1.165, 1.54) is 6.92 Å². The zero-order valence-electron chi connectivity index (χ0n) is 10.8. The molecule has 104 valence electrons. The number of aliphatic imine (C=N–C) groups is 1. The van der Waals surface area contributed by atoms with Gasteiger partial charge in [0.2, 0.25) is 0 Å². The van der Waals surface area contributed by atoms with E-state index in [1.54, 1.807) is 0 Å². The lowest BCUT2D eigenvalue weighted by atomic mass is 10.2. The van der Waals surface area contributed by atoms with Crippen LogP contribution < -0.4 is 16.8 Å². The Labute approximate surface area is 107 Å². The number of ether oxygens (including phenoxy) is 1. The fraction of sp³-hybridized carbons (Fsp3) is 0.727. The zero-order valence-corrected chi connectivity index (χ0v) is 10.8. The molecule has 0 radical (unpaired) electrons. The van der Waals surface area contributed by atoms with Crippen molar-refractivity contribution in [2.75, 3.05) is 19.7 Å². The van der Waals surface area contributed by atoms with Gasteiger partial charge >= 0.3 is 5.97 Å². The van der Waals surface area contributed by atoms with E-state index in [2.05, 4.69) is 15.0 Å². The second-order valence-corrected chi connectivity index (χ2v) is 3.85. The first-order chi connectivity index (χ1) is 8.52. The van der Waals surface area contributed by atoms with Crippen molar-refractivity contribution in [3.8, 4) is 0 Å². The first kappa shape index (κ1) is 16.2. The molecule has 5 N–H and O–H groups in total. The zero-order chi connectivity index (χ0) is 13.8. The Hall–Kier alpha value is -1.79. The largest absolute Gasteiger partial charge is 0.456 e. The molecule has 0 aliphatic heterocycles. The van der Waals surface area contributed by atoms with Crippen molar-refractivity contribution in [2.45, 2.75) is 32.6 Å². The van der Waals surface area contributed by atoms with E-state index in [0.29, 0.717) is 13.1 Å². The minimum Gasteiger partial charge on any atom is -0.456 e. The maximum atomic E-state index is 11.1. The molecule has 7 nitrogen and oxygen atoms in total. The summed E-state index contributed by atoms with van der Waals surface area (Å²) < 4.78 is 4.55. The average molecular weight is 258 g/mol. The fourth-order valence-electron chi connectivity index (χ4n) is 1.24. The molecule has 0 rings (SSSR count). The van der Waals surface area contributed by atoms with Crippen LogP contribution in [0.1, 0.15) is 32.6 Å². The monoisotopic (exact) mass is 258 g/mol. The summed E-state index contributed by atoms with van der Waals surface area (Å²) in [5.41, 5.74) is 10.4. The number of carbonyl (C=O) groups excluding carboxylic acids is 2. The molecule has 0 atom stereocenters. The molecule has 0 saturated heterocycles. The molecule has 0 unspecified atom stereocenters. The molecule has 0 fully saturated rings. The van der Waals surface area contributed by atoms with E-state index in [4.69, 9.17) is 11.5 Å². The maximum Gasteiger partial charge on any atom is 0.303 e. The van der Waals surface area contributed by atoms with E-state index in [1.807, 2.05) is 0 Å². The van der Waals surface area contributed by atoms with Crippen molar-refractivity contribution in [3.05, 3.63) is 0 Å². The van der Waals surface area contributed by atoms with Gasteiger partial charge in [0, 0.05) is 20.0 Å². The quantitative estimate of drug-likeness (QED) is 0.223. The van der Waals surface area contributed by atoms with E-state index >= 15 is 0 Å². The fourth-order valence-corrected chi connectivity index (χ4v) is 1.24. The Morgan fingerprint density at radius 3 is 2.44 bits per heavy atom. The molecule has 0 spiro atoms. The summed E-state index contributed by atoms with van der Waals surface area (Å²) in [5.74, 6) is -0.608. The minimum atomic E-state index is -0.454. The Morgan fingerprint density at radius 1 is 1.17 bits per heavy atom. The number of nitrogens with zero attached hydrogens (tertiary/aromatic N) is 1. The highest BCUT2D eigenvalue weighted by atomic mass is 16.5. The van der Waals surface area contributed by atoms with Crippen LogP contribution in [0.2, 0.25) is 0 Å². The van der Waals surface area contributed by atoms with Crippen LogP contribution in [-0.4, -0.2) is 37.5 Å². The number of hydrogen-bond donors (Lipinski definition) is 3. The highest BCUT2D eigenvalue weighted by molar-refractivity contribution is 5.79. The smallest absolute Gasteiger partial charge is 0.303 e. The van der Waals surface area contributed by atoms with Gasteiger partial charge in [0.05, 0.1) is 0 Å². The topological polar surface area (TPSA) is 120 Å². The van der Waals surface area contributed by atoms with Crippen LogP contribution in [0.4, 0.5) is 0 Å². The molecular weight excluding hydrogens is 236 g/mol. The summed E-state index contributed by atoms with van der Waals surface area (Å²) >= 11 is 0. The van der Waals surface area contributed by atoms with Crippen molar-refractivity contribution < 1.29 is 14.3 Å². The van der Waals surface area contributed by atoms with Crippen molar-refractivity contribution in [1.82, 2.24) is 5.32 Å². The van der Waals surface area contributed by atoms with Gasteiger partial charge in [-0.15, -0.1) is 0 Å². The van der Waals surface area contributed by atoms with Crippen molar-refractivity contribution in [2.24, 2.45) is 16.5 Å². The Kier molecular flexibility index (Phi) is 9.34. The van der Waals surface area contributed by atoms with Crippen molar-refractivity contribution in [3.63, 3.8) is 0 Å². The predicted octanol–water partition coefficient (Wildman–Crippen LogP) is -0.500. The van der Waals surface area contributed by atoms with Crippen LogP contribution in [0.3, 0.4) is 0 Å². The third-order valence-electron chi connectivity index (χ3n) is 2.11. The summed E-state index contributed by atoms with van der Waals surface area (Å²) in [7, 11) is 0. The van der Waals surface area contributed by atoms with Crippen molar-refractivity contribution >= 4 is 17.8 Å². The van der Waals surface area contributed by atoms with E-state index < -0.39 is 5.97 Å². The van der Waals surface area contributed by atoms with Crippen LogP contribution in [0, 0.1) is 0 Å². The molecule has 0 saturated carbocycles. The Balaban J connectivity index is 3.27. The number of amides is 1. The normalized spacial score (nSPS) is 9.61. The molecule has 0 aromatic carbocycles. The summed E-state index contributed by atoms with van der Waals surface area (Å²) in [6, 6.07) is 0. The average Bonchev–Trinajstić information content (AvgIpc) is 2.29. The molecule has 0 aliphatic carbocycles. The second kappa shape index (κ2) is 10.4. The van der Waals surface area contributed by atoms with Gasteiger partial charge < -0.3 is 21.5 Å². The Morgan fingerprint density at radius 2 is 1.83 bits per heavy atom. The number of hydrogen-bond acceptors (Lipinski definition) is 4. The van der Waals surface area contributed by atoms with Gasteiger partial charge in [-0.2, -0.15) is 0 Å². The van der Waals surface area contributed by atoms with Crippen LogP contribution >= 0.6 is 0 Å². The maximum absolute atomic E-state index is 11.1. The Bertz CT molecular complexity index is 288. The molecule has 0 aromatic rings. The minimum absolute atomic E-state index is 0.118. The highest BCUT2D eigenvalue weighted by Gasteiger charge is 2.02. The standard InChI is InChI=1S/C11H22N4O3/c1-9(16)18-8-10(17)14-6-4-2-3-5-7-15-11(12)13/h2-8H2,1H3,(H,14,17)(H4,12,13,15). The van der Waals surface area contributed by atoms with Gasteiger partial charge in [-0.1, -0.05) is 12.8 Å². The summed E-state index contributed by atoms with van der Waals surface area (Å²) in [4.78, 5) is 25.4. The van der Waals surface area contributed by atoms with Crippen LogP contribution in [0.5, 0.6) is 0 Å². The SMILES string of the molecule is CC(=O)OCC(=O)NCCCCCCN=C(N)N. The number of nitrogens with two attached hydrogens (primary N) is 2. The molecule has 7 heteroatoms. The molecule has 1 amide bonds. The van der Waals surface area contributed by atoms with Gasteiger partial charge in [-0.05, 0) is 12.8 Å². The first-order valence-electron chi connectivity index (χ1n) is 5.98. The number of carbonyl (C=O) groups is 2. The summed E-state index contributed by atoms with van der Waals surface area (Å²) in [6.45, 7) is 2.28. The lowest BCUT2D eigenvalue weighted by molar-refractivity contribution is -0.146.